The fourth-order valence-electron chi connectivity index (χ4n) is 2.66. The molecule has 1 unspecified atom stereocenters. The summed E-state index contributed by atoms with van der Waals surface area (Å²) in [6.45, 7) is 0.527. The van der Waals surface area contributed by atoms with Gasteiger partial charge in [-0.05, 0) is 13.0 Å². The molecule has 2 rings (SSSR count). The van der Waals surface area contributed by atoms with Crippen LogP contribution >= 0.6 is 0 Å². The maximum Gasteiger partial charge on any atom is 0.341 e. The number of cyclic esters (lactones) is 1. The van der Waals surface area contributed by atoms with Gasteiger partial charge in [0.25, 0.3) is 0 Å². The lowest BCUT2D eigenvalue weighted by Crippen LogP contribution is -2.44. The number of carbonyl (C=O) groups excluding carboxylic acids is 1. The van der Waals surface area contributed by atoms with Crippen LogP contribution in [-0.2, 0) is 20.6 Å². The number of ether oxygens (including phenoxy) is 5. The van der Waals surface area contributed by atoms with E-state index in [0.717, 1.165) is 0 Å². The van der Waals surface area contributed by atoms with Crippen LogP contribution in [0.5, 0.6) is 11.5 Å². The van der Waals surface area contributed by atoms with Gasteiger partial charge in [0.1, 0.15) is 17.1 Å². The maximum absolute atomic E-state index is 12.1. The van der Waals surface area contributed by atoms with E-state index in [9.17, 15) is 20.1 Å². The van der Waals surface area contributed by atoms with Crippen LogP contribution in [0.4, 0.5) is 0 Å². The molecule has 3 N–H and O–H groups in total. The number of hydrogen-bond acceptors (Lipinski definition) is 9. The molecule has 0 saturated heterocycles. The fraction of sp³-hybridized carbons (Fsp3) is 0.588. The summed E-state index contributed by atoms with van der Waals surface area (Å²) in [6.07, 6.45) is -2.43. The Bertz CT molecular complexity index is 656. The molecule has 1 aromatic rings. The Morgan fingerprint density at radius 2 is 2.04 bits per heavy atom. The quantitative estimate of drug-likeness (QED) is 0.410. The lowest BCUT2D eigenvalue weighted by molar-refractivity contribution is -0.0919. The van der Waals surface area contributed by atoms with Gasteiger partial charge in [0.2, 0.25) is 6.29 Å². The molecule has 26 heavy (non-hydrogen) atoms. The van der Waals surface area contributed by atoms with E-state index < -0.39 is 30.6 Å². The maximum atomic E-state index is 12.1. The molecule has 0 saturated carbocycles. The number of aliphatic hydroxyl groups is 3. The number of fused-ring (bicyclic) bond motifs is 1. The Morgan fingerprint density at radius 3 is 2.58 bits per heavy atom. The minimum atomic E-state index is -1.74. The zero-order chi connectivity index (χ0) is 19.5. The van der Waals surface area contributed by atoms with E-state index in [1.165, 1.54) is 34.3 Å². The van der Waals surface area contributed by atoms with E-state index in [4.69, 9.17) is 23.7 Å². The molecule has 0 aliphatic carbocycles. The van der Waals surface area contributed by atoms with Crippen molar-refractivity contribution in [1.29, 1.82) is 0 Å². The standard InChI is InChI=1S/C17H24O9/c1-17(21,7-18)12(19)6-9-11(23-3)5-10-13(14(9)25-8-22-2)16(24-4)26-15(10)20/h5,12,16,18-19,21H,6-8H2,1-4H3/t12-,16?,17-/m0/s1. The minimum absolute atomic E-state index is 0.117. The Kier molecular flexibility index (Phi) is 6.43. The molecule has 146 valence electrons. The molecule has 0 amide bonds. The first-order chi connectivity index (χ1) is 12.3. The van der Waals surface area contributed by atoms with E-state index >= 15 is 0 Å². The predicted molar refractivity (Wildman–Crippen MR) is 88.1 cm³/mol. The summed E-state index contributed by atoms with van der Waals surface area (Å²) >= 11 is 0. The smallest absolute Gasteiger partial charge is 0.341 e. The van der Waals surface area contributed by atoms with Crippen LogP contribution in [0.15, 0.2) is 6.07 Å². The average Bonchev–Trinajstić information content (AvgIpc) is 2.95. The van der Waals surface area contributed by atoms with Crippen LogP contribution in [0.3, 0.4) is 0 Å². The summed E-state index contributed by atoms with van der Waals surface area (Å²) in [4.78, 5) is 12.1. The van der Waals surface area contributed by atoms with Crippen molar-refractivity contribution in [3.05, 3.63) is 22.8 Å². The highest BCUT2D eigenvalue weighted by atomic mass is 16.7. The van der Waals surface area contributed by atoms with Crippen molar-refractivity contribution in [3.8, 4) is 11.5 Å². The number of carbonyl (C=O) groups is 1. The van der Waals surface area contributed by atoms with Crippen LogP contribution in [0.2, 0.25) is 0 Å². The molecule has 1 heterocycles. The van der Waals surface area contributed by atoms with Crippen molar-refractivity contribution in [2.45, 2.75) is 31.3 Å². The summed E-state index contributed by atoms with van der Waals surface area (Å²) < 4.78 is 26.3. The van der Waals surface area contributed by atoms with E-state index in [1.807, 2.05) is 0 Å². The number of hydrogen-bond donors (Lipinski definition) is 3. The highest BCUT2D eigenvalue weighted by Gasteiger charge is 2.39. The summed E-state index contributed by atoms with van der Waals surface area (Å²) in [6, 6.07) is 1.46. The van der Waals surface area contributed by atoms with Crippen LogP contribution in [-0.4, -0.2) is 67.7 Å². The predicted octanol–water partition coefficient (Wildman–Crippen LogP) is 0.140. The van der Waals surface area contributed by atoms with Crippen molar-refractivity contribution in [2.75, 3.05) is 34.7 Å². The Hall–Kier alpha value is -1.91. The number of benzene rings is 1. The normalized spacial score (nSPS) is 19.5. The number of esters is 1. The Balaban J connectivity index is 2.59. The van der Waals surface area contributed by atoms with Crippen molar-refractivity contribution in [3.63, 3.8) is 0 Å². The van der Waals surface area contributed by atoms with E-state index in [-0.39, 0.29) is 30.3 Å². The lowest BCUT2D eigenvalue weighted by atomic mass is 9.91. The first-order valence-electron chi connectivity index (χ1n) is 7.91. The van der Waals surface area contributed by atoms with Crippen molar-refractivity contribution >= 4 is 5.97 Å². The Labute approximate surface area is 151 Å². The zero-order valence-electron chi connectivity index (χ0n) is 15.1. The van der Waals surface area contributed by atoms with Crippen molar-refractivity contribution < 1.29 is 43.8 Å². The molecule has 0 bridgehead atoms. The number of rotatable bonds is 9. The van der Waals surface area contributed by atoms with Crippen molar-refractivity contribution in [2.24, 2.45) is 0 Å². The van der Waals surface area contributed by atoms with Gasteiger partial charge in [-0.25, -0.2) is 4.79 Å². The van der Waals surface area contributed by atoms with Gasteiger partial charge >= 0.3 is 5.97 Å². The molecule has 0 radical (unpaired) electrons. The second-order valence-electron chi connectivity index (χ2n) is 6.11. The summed E-state index contributed by atoms with van der Waals surface area (Å²) in [5.74, 6) is -0.134. The van der Waals surface area contributed by atoms with Gasteiger partial charge in [0.15, 0.2) is 6.79 Å². The minimum Gasteiger partial charge on any atom is -0.496 e. The van der Waals surface area contributed by atoms with Crippen LogP contribution in [0, 0.1) is 0 Å². The molecule has 0 spiro atoms. The topological polar surface area (TPSA) is 124 Å². The Morgan fingerprint density at radius 1 is 1.35 bits per heavy atom. The first kappa shape index (κ1) is 20.4. The molecule has 0 aromatic heterocycles. The second kappa shape index (κ2) is 8.19. The van der Waals surface area contributed by atoms with Crippen molar-refractivity contribution in [1.82, 2.24) is 0 Å². The number of methoxy groups -OCH3 is 3. The van der Waals surface area contributed by atoms with Gasteiger partial charge in [-0.2, -0.15) is 0 Å². The van der Waals surface area contributed by atoms with Gasteiger partial charge in [-0.3, -0.25) is 0 Å². The van der Waals surface area contributed by atoms with Crippen LogP contribution < -0.4 is 9.47 Å². The first-order valence-corrected chi connectivity index (χ1v) is 7.91. The van der Waals surface area contributed by atoms with Gasteiger partial charge in [-0.1, -0.05) is 0 Å². The van der Waals surface area contributed by atoms with Gasteiger partial charge in [-0.15, -0.1) is 0 Å². The third kappa shape index (κ3) is 3.76. The molecular formula is C17H24O9. The summed E-state index contributed by atoms with van der Waals surface area (Å²) in [5.41, 5.74) is -0.798. The SMILES string of the molecule is COCOc1c(C[C@H](O)[C@@](C)(O)CO)c(OC)cc2c1C(OC)OC2=O. The molecule has 1 aliphatic rings. The highest BCUT2D eigenvalue weighted by Crippen LogP contribution is 2.45. The summed E-state index contributed by atoms with van der Waals surface area (Å²) in [5, 5.41) is 29.7. The molecule has 3 atom stereocenters. The molecule has 0 fully saturated rings. The van der Waals surface area contributed by atoms with Crippen LogP contribution in [0.25, 0.3) is 0 Å². The molecular weight excluding hydrogens is 348 g/mol. The molecule has 1 aromatic carbocycles. The molecule has 1 aliphatic heterocycles. The molecule has 9 nitrogen and oxygen atoms in total. The van der Waals surface area contributed by atoms with Gasteiger partial charge < -0.3 is 39.0 Å². The van der Waals surface area contributed by atoms with Gasteiger partial charge in [0.05, 0.1) is 30.9 Å². The van der Waals surface area contributed by atoms with E-state index in [2.05, 4.69) is 0 Å². The van der Waals surface area contributed by atoms with Gasteiger partial charge in [0, 0.05) is 26.2 Å². The highest BCUT2D eigenvalue weighted by molar-refractivity contribution is 5.96. The lowest BCUT2D eigenvalue weighted by Gasteiger charge is -2.28. The summed E-state index contributed by atoms with van der Waals surface area (Å²) in [7, 11) is 4.21. The average molecular weight is 372 g/mol. The second-order valence-corrected chi connectivity index (χ2v) is 6.11. The largest absolute Gasteiger partial charge is 0.496 e. The fourth-order valence-corrected chi connectivity index (χ4v) is 2.66. The van der Waals surface area contributed by atoms with E-state index in [1.54, 1.807) is 0 Å². The van der Waals surface area contributed by atoms with Crippen LogP contribution in [0.1, 0.15) is 34.7 Å². The number of aliphatic hydroxyl groups excluding tert-OH is 2. The zero-order valence-corrected chi connectivity index (χ0v) is 15.1. The third-order valence-electron chi connectivity index (χ3n) is 4.24. The van der Waals surface area contributed by atoms with E-state index in [0.29, 0.717) is 11.1 Å². The molecule has 9 heteroatoms. The third-order valence-corrected chi connectivity index (χ3v) is 4.24. The monoisotopic (exact) mass is 372 g/mol.